The highest BCUT2D eigenvalue weighted by Crippen LogP contribution is 2.49. The monoisotopic (exact) mass is 496 g/mol. The lowest BCUT2D eigenvalue weighted by molar-refractivity contribution is -0.134. The number of hydrogen-bond donors (Lipinski definition) is 1. The Hall–Kier alpha value is -2.12. The van der Waals surface area contributed by atoms with Gasteiger partial charge in [0.2, 0.25) is 5.91 Å². The highest BCUT2D eigenvalue weighted by molar-refractivity contribution is 5.80. The van der Waals surface area contributed by atoms with E-state index in [1.807, 2.05) is 4.90 Å². The maximum absolute atomic E-state index is 13.7. The molecule has 0 bridgehead atoms. The van der Waals surface area contributed by atoms with Crippen LogP contribution < -0.4 is 0 Å². The zero-order valence-corrected chi connectivity index (χ0v) is 22.2. The van der Waals surface area contributed by atoms with E-state index in [1.54, 1.807) is 4.90 Å². The molecule has 2 aliphatic heterocycles. The summed E-state index contributed by atoms with van der Waals surface area (Å²) in [6, 6.07) is 11.0. The Morgan fingerprint density at radius 1 is 1.06 bits per heavy atom. The number of amides is 3. The second-order valence-electron chi connectivity index (χ2n) is 12.0. The molecule has 1 spiro atoms. The molecular weight excluding hydrogens is 452 g/mol. The van der Waals surface area contributed by atoms with Crippen LogP contribution in [-0.2, 0) is 10.3 Å². The molecule has 7 heteroatoms. The number of hydrogen-bond acceptors (Lipinski definition) is 4. The van der Waals surface area contributed by atoms with Crippen LogP contribution in [0, 0.1) is 5.92 Å². The highest BCUT2D eigenvalue weighted by atomic mass is 16.3. The number of piperidine rings is 1. The fourth-order valence-corrected chi connectivity index (χ4v) is 7.13. The minimum absolute atomic E-state index is 0.00379. The van der Waals surface area contributed by atoms with Crippen molar-refractivity contribution < 1.29 is 14.7 Å². The molecule has 4 aliphatic rings. The predicted molar refractivity (Wildman–Crippen MR) is 140 cm³/mol. The molecule has 3 amide bonds. The minimum Gasteiger partial charge on any atom is -0.391 e. The topological polar surface area (TPSA) is 67.3 Å². The Bertz CT molecular complexity index is 924. The van der Waals surface area contributed by atoms with E-state index in [9.17, 15) is 14.7 Å². The molecule has 0 radical (unpaired) electrons. The average Bonchev–Trinajstić information content (AvgIpc) is 3.11. The van der Waals surface area contributed by atoms with Crippen molar-refractivity contribution in [3.05, 3.63) is 35.9 Å². The quantitative estimate of drug-likeness (QED) is 0.626. The van der Waals surface area contributed by atoms with Crippen molar-refractivity contribution in [3.8, 4) is 0 Å². The van der Waals surface area contributed by atoms with Gasteiger partial charge in [-0.25, -0.2) is 4.79 Å². The molecule has 4 fully saturated rings. The summed E-state index contributed by atoms with van der Waals surface area (Å²) >= 11 is 0. The summed E-state index contributed by atoms with van der Waals surface area (Å²) in [5.74, 6) is 0.685. The molecule has 1 N–H and O–H groups in total. The third-order valence-electron chi connectivity index (χ3n) is 9.74. The minimum atomic E-state index is -0.416. The van der Waals surface area contributed by atoms with Crippen molar-refractivity contribution in [1.82, 2.24) is 19.6 Å². The number of urea groups is 1. The van der Waals surface area contributed by atoms with E-state index in [4.69, 9.17) is 0 Å². The standard InChI is InChI=1S/C29H44N4O3/c1-30(2)29(24-10-4-3-5-11-24)16-14-28(15-17-29)22-32(27(36)33(28)20-23-8-6-9-23)19-13-26(35)31-18-7-12-25(34)21-31/h3-5,10-11,23,25,34H,6-9,12-22H2,1-2H3/t25?,28-,29-. The molecule has 2 heterocycles. The SMILES string of the molecule is CN(C)[C@]1(c2ccccc2)CC[C@@]2(CC1)CN(CCC(=O)N1CCCC(O)C1)C(=O)N2CC1CCC1. The number of aliphatic hydroxyl groups excluding tert-OH is 1. The molecule has 7 nitrogen and oxygen atoms in total. The van der Waals surface area contributed by atoms with Crippen LogP contribution in [0.25, 0.3) is 0 Å². The van der Waals surface area contributed by atoms with E-state index in [-0.39, 0.29) is 23.0 Å². The Balaban J connectivity index is 1.30. The first-order valence-corrected chi connectivity index (χ1v) is 14.1. The molecular formula is C29H44N4O3. The van der Waals surface area contributed by atoms with Crippen LogP contribution in [0.2, 0.25) is 0 Å². The summed E-state index contributed by atoms with van der Waals surface area (Å²) in [6.07, 6.45) is 9.29. The number of benzene rings is 1. The van der Waals surface area contributed by atoms with Crippen LogP contribution in [-0.4, -0.2) is 95.1 Å². The second-order valence-corrected chi connectivity index (χ2v) is 12.0. The van der Waals surface area contributed by atoms with Crippen LogP contribution in [0.15, 0.2) is 30.3 Å². The summed E-state index contributed by atoms with van der Waals surface area (Å²) in [4.78, 5) is 34.9. The van der Waals surface area contributed by atoms with Gasteiger partial charge in [0.15, 0.2) is 0 Å². The number of aliphatic hydroxyl groups is 1. The molecule has 198 valence electrons. The summed E-state index contributed by atoms with van der Waals surface area (Å²) in [7, 11) is 4.37. The van der Waals surface area contributed by atoms with E-state index < -0.39 is 6.10 Å². The first-order valence-electron chi connectivity index (χ1n) is 14.1. The number of β-amino-alcohol motifs (C(OH)–C–C–N with tert-alkyl or cyclic N) is 1. The lowest BCUT2D eigenvalue weighted by atomic mass is 9.68. The Kier molecular flexibility index (Phi) is 7.32. The third kappa shape index (κ3) is 4.76. The molecule has 5 rings (SSSR count). The molecule has 2 saturated carbocycles. The van der Waals surface area contributed by atoms with Crippen LogP contribution in [0.4, 0.5) is 4.79 Å². The number of carbonyl (C=O) groups excluding carboxylic acids is 2. The lowest BCUT2D eigenvalue weighted by Crippen LogP contribution is -2.56. The highest BCUT2D eigenvalue weighted by Gasteiger charge is 2.54. The van der Waals surface area contributed by atoms with E-state index in [1.165, 1.54) is 24.8 Å². The Morgan fingerprint density at radius 3 is 2.39 bits per heavy atom. The maximum atomic E-state index is 13.7. The van der Waals surface area contributed by atoms with Crippen molar-refractivity contribution in [1.29, 1.82) is 0 Å². The van der Waals surface area contributed by atoms with E-state index in [2.05, 4.69) is 54.2 Å². The Morgan fingerprint density at radius 2 is 1.78 bits per heavy atom. The molecule has 1 unspecified atom stereocenters. The first-order chi connectivity index (χ1) is 17.3. The van der Waals surface area contributed by atoms with Crippen molar-refractivity contribution in [3.63, 3.8) is 0 Å². The van der Waals surface area contributed by atoms with Gasteiger partial charge in [-0.05, 0) is 76.9 Å². The van der Waals surface area contributed by atoms with Gasteiger partial charge >= 0.3 is 6.03 Å². The van der Waals surface area contributed by atoms with Gasteiger partial charge in [0.25, 0.3) is 0 Å². The van der Waals surface area contributed by atoms with Crippen molar-refractivity contribution in [2.24, 2.45) is 5.92 Å². The summed E-state index contributed by atoms with van der Waals surface area (Å²) < 4.78 is 0. The number of nitrogens with zero attached hydrogens (tertiary/aromatic N) is 4. The fraction of sp³-hybridized carbons (Fsp3) is 0.724. The van der Waals surface area contributed by atoms with Gasteiger partial charge in [0, 0.05) is 44.7 Å². The van der Waals surface area contributed by atoms with Crippen molar-refractivity contribution in [2.75, 3.05) is 46.8 Å². The van der Waals surface area contributed by atoms with E-state index in [0.717, 1.165) is 51.6 Å². The molecule has 1 aromatic rings. The number of likely N-dealkylation sites (tertiary alicyclic amines) is 1. The largest absolute Gasteiger partial charge is 0.391 e. The number of rotatable bonds is 7. The van der Waals surface area contributed by atoms with Crippen LogP contribution in [0.1, 0.15) is 69.8 Å². The zero-order valence-electron chi connectivity index (χ0n) is 22.2. The molecule has 2 aliphatic carbocycles. The van der Waals surface area contributed by atoms with Crippen LogP contribution >= 0.6 is 0 Å². The summed E-state index contributed by atoms with van der Waals surface area (Å²) in [5.41, 5.74) is 1.23. The van der Waals surface area contributed by atoms with Crippen molar-refractivity contribution in [2.45, 2.75) is 81.4 Å². The zero-order chi connectivity index (χ0) is 25.3. The summed E-state index contributed by atoms with van der Waals surface area (Å²) in [5, 5.41) is 9.96. The lowest BCUT2D eigenvalue weighted by Gasteiger charge is -2.51. The maximum Gasteiger partial charge on any atom is 0.320 e. The smallest absolute Gasteiger partial charge is 0.320 e. The van der Waals surface area contributed by atoms with Gasteiger partial charge in [-0.15, -0.1) is 0 Å². The molecule has 1 atom stereocenters. The van der Waals surface area contributed by atoms with Gasteiger partial charge in [-0.1, -0.05) is 36.8 Å². The number of carbonyl (C=O) groups is 2. The van der Waals surface area contributed by atoms with E-state index >= 15 is 0 Å². The van der Waals surface area contributed by atoms with Gasteiger partial charge < -0.3 is 19.8 Å². The van der Waals surface area contributed by atoms with Crippen molar-refractivity contribution >= 4 is 11.9 Å². The average molecular weight is 497 g/mol. The third-order valence-corrected chi connectivity index (χ3v) is 9.74. The van der Waals surface area contributed by atoms with Gasteiger partial charge in [0.1, 0.15) is 0 Å². The molecule has 0 aromatic heterocycles. The van der Waals surface area contributed by atoms with E-state index in [0.29, 0.717) is 32.0 Å². The van der Waals surface area contributed by atoms with Crippen LogP contribution in [0.3, 0.4) is 0 Å². The summed E-state index contributed by atoms with van der Waals surface area (Å²) in [6.45, 7) is 3.21. The predicted octanol–water partition coefficient (Wildman–Crippen LogP) is 3.67. The molecule has 36 heavy (non-hydrogen) atoms. The van der Waals surface area contributed by atoms with Gasteiger partial charge in [-0.2, -0.15) is 0 Å². The molecule has 1 aromatic carbocycles. The van der Waals surface area contributed by atoms with Crippen LogP contribution in [0.5, 0.6) is 0 Å². The Labute approximate surface area is 216 Å². The first kappa shape index (κ1) is 25.5. The normalized spacial score (nSPS) is 31.4. The van der Waals surface area contributed by atoms with Gasteiger partial charge in [0.05, 0.1) is 11.6 Å². The fourth-order valence-electron chi connectivity index (χ4n) is 7.13. The van der Waals surface area contributed by atoms with Gasteiger partial charge in [-0.3, -0.25) is 9.69 Å². The molecule has 2 saturated heterocycles. The second kappa shape index (κ2) is 10.3.